The van der Waals surface area contributed by atoms with E-state index in [2.05, 4.69) is 4.72 Å². The number of hydrogen-bond acceptors (Lipinski definition) is 3. The Morgan fingerprint density at radius 3 is 2.52 bits per heavy atom. The zero-order valence-electron chi connectivity index (χ0n) is 12.3. The second-order valence-electron chi connectivity index (χ2n) is 4.92. The summed E-state index contributed by atoms with van der Waals surface area (Å²) in [7, 11) is -3.61. The summed E-state index contributed by atoms with van der Waals surface area (Å²) in [4.78, 5) is 0.232. The Hall–Kier alpha value is -1.85. The van der Waals surface area contributed by atoms with Crippen LogP contribution in [0.1, 0.15) is 23.6 Å². The standard InChI is InChI=1S/C16H20N2O2S/c1-3-14-8-4-6-12(2)16(14)18-21(19,20)15-9-5-7-13(10-15)11-17/h4-10,18H,3,11,17H2,1-2H3. The van der Waals surface area contributed by atoms with Gasteiger partial charge in [0.1, 0.15) is 0 Å². The van der Waals surface area contributed by atoms with Gasteiger partial charge in [-0.1, -0.05) is 37.3 Å². The zero-order valence-corrected chi connectivity index (χ0v) is 13.1. The van der Waals surface area contributed by atoms with Gasteiger partial charge in [-0.15, -0.1) is 0 Å². The molecule has 2 rings (SSSR count). The molecule has 5 heteroatoms. The number of hydrogen-bond donors (Lipinski definition) is 2. The molecular weight excluding hydrogens is 284 g/mol. The fraction of sp³-hybridized carbons (Fsp3) is 0.250. The Labute approximate surface area is 126 Å². The number of para-hydroxylation sites is 1. The minimum absolute atomic E-state index is 0.232. The van der Waals surface area contributed by atoms with Crippen LogP contribution in [0.4, 0.5) is 5.69 Å². The molecule has 0 unspecified atom stereocenters. The number of rotatable bonds is 5. The average molecular weight is 304 g/mol. The van der Waals surface area contributed by atoms with Crippen LogP contribution >= 0.6 is 0 Å². The molecule has 21 heavy (non-hydrogen) atoms. The highest BCUT2D eigenvalue weighted by Crippen LogP contribution is 2.24. The van der Waals surface area contributed by atoms with E-state index >= 15 is 0 Å². The van der Waals surface area contributed by atoms with Gasteiger partial charge in [0, 0.05) is 6.54 Å². The highest BCUT2D eigenvalue weighted by Gasteiger charge is 2.17. The summed E-state index contributed by atoms with van der Waals surface area (Å²) < 4.78 is 27.8. The van der Waals surface area contributed by atoms with Gasteiger partial charge in [-0.25, -0.2) is 8.42 Å². The Balaban J connectivity index is 2.42. The minimum Gasteiger partial charge on any atom is -0.326 e. The lowest BCUT2D eigenvalue weighted by Gasteiger charge is -2.14. The van der Waals surface area contributed by atoms with E-state index in [1.54, 1.807) is 18.2 Å². The Morgan fingerprint density at radius 2 is 1.86 bits per heavy atom. The summed E-state index contributed by atoms with van der Waals surface area (Å²) >= 11 is 0. The van der Waals surface area contributed by atoms with E-state index in [9.17, 15) is 8.42 Å². The van der Waals surface area contributed by atoms with Crippen LogP contribution in [0.25, 0.3) is 0 Å². The van der Waals surface area contributed by atoms with E-state index in [4.69, 9.17) is 5.73 Å². The van der Waals surface area contributed by atoms with E-state index in [-0.39, 0.29) is 4.90 Å². The maximum Gasteiger partial charge on any atom is 0.261 e. The maximum atomic E-state index is 12.5. The summed E-state index contributed by atoms with van der Waals surface area (Å²) in [6.45, 7) is 4.21. The first kappa shape index (κ1) is 15.5. The fourth-order valence-corrected chi connectivity index (χ4v) is 3.45. The van der Waals surface area contributed by atoms with Gasteiger partial charge in [-0.3, -0.25) is 4.72 Å². The molecule has 2 aromatic carbocycles. The fourth-order valence-electron chi connectivity index (χ4n) is 2.20. The van der Waals surface area contributed by atoms with Crippen LogP contribution in [0, 0.1) is 6.92 Å². The number of aryl methyl sites for hydroxylation is 2. The first-order valence-corrected chi connectivity index (χ1v) is 8.36. The van der Waals surface area contributed by atoms with Crippen molar-refractivity contribution in [1.82, 2.24) is 0 Å². The van der Waals surface area contributed by atoms with Gasteiger partial charge in [0.2, 0.25) is 0 Å². The molecule has 0 amide bonds. The number of nitrogens with one attached hydrogen (secondary N) is 1. The molecule has 0 spiro atoms. The number of sulfonamides is 1. The first-order valence-electron chi connectivity index (χ1n) is 6.88. The molecule has 0 aliphatic carbocycles. The highest BCUT2D eigenvalue weighted by molar-refractivity contribution is 7.92. The average Bonchev–Trinajstić information content (AvgIpc) is 2.49. The van der Waals surface area contributed by atoms with E-state index in [0.29, 0.717) is 12.2 Å². The van der Waals surface area contributed by atoms with E-state index in [1.165, 1.54) is 0 Å². The van der Waals surface area contributed by atoms with Crippen LogP contribution in [0.3, 0.4) is 0 Å². The van der Waals surface area contributed by atoms with Gasteiger partial charge in [0.05, 0.1) is 10.6 Å². The lowest BCUT2D eigenvalue weighted by atomic mass is 10.1. The number of anilines is 1. The molecule has 0 aliphatic rings. The monoisotopic (exact) mass is 304 g/mol. The molecule has 0 saturated heterocycles. The third-order valence-electron chi connectivity index (χ3n) is 3.42. The number of nitrogens with two attached hydrogens (primary N) is 1. The summed E-state index contributed by atoms with van der Waals surface area (Å²) in [6.07, 6.45) is 0.766. The van der Waals surface area contributed by atoms with Crippen molar-refractivity contribution in [3.63, 3.8) is 0 Å². The SMILES string of the molecule is CCc1cccc(C)c1NS(=O)(=O)c1cccc(CN)c1. The van der Waals surface area contributed by atoms with Crippen molar-refractivity contribution in [2.24, 2.45) is 5.73 Å². The van der Waals surface area contributed by atoms with Crippen molar-refractivity contribution in [1.29, 1.82) is 0 Å². The van der Waals surface area contributed by atoms with Gasteiger partial charge in [-0.05, 0) is 42.2 Å². The second kappa shape index (κ2) is 6.28. The molecule has 0 aliphatic heterocycles. The van der Waals surface area contributed by atoms with Crippen molar-refractivity contribution in [3.05, 3.63) is 59.2 Å². The minimum atomic E-state index is -3.61. The molecule has 0 bridgehead atoms. The Morgan fingerprint density at radius 1 is 1.14 bits per heavy atom. The van der Waals surface area contributed by atoms with Crippen molar-refractivity contribution < 1.29 is 8.42 Å². The van der Waals surface area contributed by atoms with Crippen molar-refractivity contribution in [2.45, 2.75) is 31.7 Å². The summed E-state index contributed by atoms with van der Waals surface area (Å²) in [5.41, 5.74) is 8.91. The lowest BCUT2D eigenvalue weighted by Crippen LogP contribution is -2.15. The third-order valence-corrected chi connectivity index (χ3v) is 4.77. The molecule has 112 valence electrons. The summed E-state index contributed by atoms with van der Waals surface area (Å²) in [6, 6.07) is 12.5. The topological polar surface area (TPSA) is 72.2 Å². The second-order valence-corrected chi connectivity index (χ2v) is 6.60. The van der Waals surface area contributed by atoms with Crippen LogP contribution in [0.5, 0.6) is 0 Å². The van der Waals surface area contributed by atoms with E-state index in [0.717, 1.165) is 23.1 Å². The Kier molecular flexibility index (Phi) is 4.65. The smallest absolute Gasteiger partial charge is 0.261 e. The van der Waals surface area contributed by atoms with Crippen LogP contribution in [0.2, 0.25) is 0 Å². The van der Waals surface area contributed by atoms with E-state index < -0.39 is 10.0 Å². The van der Waals surface area contributed by atoms with Crippen LogP contribution < -0.4 is 10.5 Å². The first-order chi connectivity index (χ1) is 9.97. The molecule has 0 heterocycles. The van der Waals surface area contributed by atoms with Crippen LogP contribution in [-0.2, 0) is 23.0 Å². The Bertz CT molecular complexity index is 740. The van der Waals surface area contributed by atoms with Crippen LogP contribution in [-0.4, -0.2) is 8.42 Å². The van der Waals surface area contributed by atoms with Crippen molar-refractivity contribution >= 4 is 15.7 Å². The predicted molar refractivity (Wildman–Crippen MR) is 85.7 cm³/mol. The van der Waals surface area contributed by atoms with Crippen LogP contribution in [0.15, 0.2) is 47.4 Å². The quantitative estimate of drug-likeness (QED) is 0.892. The third kappa shape index (κ3) is 3.43. The molecule has 0 aromatic heterocycles. The lowest BCUT2D eigenvalue weighted by molar-refractivity contribution is 0.601. The van der Waals surface area contributed by atoms with Gasteiger partial charge in [0.25, 0.3) is 10.0 Å². The van der Waals surface area contributed by atoms with Crippen molar-refractivity contribution in [2.75, 3.05) is 4.72 Å². The molecular formula is C16H20N2O2S. The molecule has 0 saturated carbocycles. The van der Waals surface area contributed by atoms with Crippen molar-refractivity contribution in [3.8, 4) is 0 Å². The zero-order chi connectivity index (χ0) is 15.5. The number of benzene rings is 2. The molecule has 0 radical (unpaired) electrons. The van der Waals surface area contributed by atoms with Gasteiger partial charge in [0.15, 0.2) is 0 Å². The van der Waals surface area contributed by atoms with E-state index in [1.807, 2.05) is 38.1 Å². The maximum absolute atomic E-state index is 12.5. The van der Waals surface area contributed by atoms with Gasteiger partial charge < -0.3 is 5.73 Å². The molecule has 4 nitrogen and oxygen atoms in total. The summed E-state index contributed by atoms with van der Waals surface area (Å²) in [5, 5.41) is 0. The summed E-state index contributed by atoms with van der Waals surface area (Å²) in [5.74, 6) is 0. The molecule has 0 fully saturated rings. The molecule has 2 aromatic rings. The normalized spacial score (nSPS) is 11.4. The highest BCUT2D eigenvalue weighted by atomic mass is 32.2. The van der Waals surface area contributed by atoms with Gasteiger partial charge >= 0.3 is 0 Å². The predicted octanol–water partition coefficient (Wildman–Crippen LogP) is 2.82. The molecule has 0 atom stereocenters. The molecule has 3 N–H and O–H groups in total. The largest absolute Gasteiger partial charge is 0.326 e. The van der Waals surface area contributed by atoms with Gasteiger partial charge in [-0.2, -0.15) is 0 Å².